The van der Waals surface area contributed by atoms with Crippen molar-refractivity contribution in [2.45, 2.75) is 44.5 Å². The minimum Gasteiger partial charge on any atom is -0.407 e. The molecule has 1 heterocycles. The van der Waals surface area contributed by atoms with Gasteiger partial charge in [-0.05, 0) is 18.8 Å². The van der Waals surface area contributed by atoms with Gasteiger partial charge in [-0.15, -0.1) is 16.7 Å². The predicted molar refractivity (Wildman–Crippen MR) is 58.9 cm³/mol. The number of hydrogen-bond acceptors (Lipinski definition) is 4. The van der Waals surface area contributed by atoms with Gasteiger partial charge < -0.3 is 9.73 Å². The van der Waals surface area contributed by atoms with Crippen molar-refractivity contribution in [1.29, 1.82) is 0 Å². The molecule has 0 radical (unpaired) electrons. The first kappa shape index (κ1) is 10.7. The Labute approximate surface area is 94.4 Å². The summed E-state index contributed by atoms with van der Waals surface area (Å²) < 4.78 is 5.32. The maximum Gasteiger partial charge on any atom is 0.315 e. The van der Waals surface area contributed by atoms with E-state index in [1.54, 1.807) is 0 Å². The third-order valence-electron chi connectivity index (χ3n) is 3.00. The van der Waals surface area contributed by atoms with Crippen LogP contribution in [0.15, 0.2) is 4.42 Å². The van der Waals surface area contributed by atoms with Gasteiger partial charge in [-0.3, -0.25) is 0 Å². The molecule has 0 aromatic carbocycles. The van der Waals surface area contributed by atoms with Crippen LogP contribution in [-0.4, -0.2) is 16.2 Å². The molecule has 1 aliphatic rings. The highest BCUT2D eigenvalue weighted by molar-refractivity contribution is 6.16. The second kappa shape index (κ2) is 4.84. The van der Waals surface area contributed by atoms with Gasteiger partial charge in [0.15, 0.2) is 0 Å². The van der Waals surface area contributed by atoms with Gasteiger partial charge in [0, 0.05) is 6.04 Å². The number of alkyl halides is 1. The van der Waals surface area contributed by atoms with Crippen LogP contribution in [0.3, 0.4) is 0 Å². The highest BCUT2D eigenvalue weighted by Gasteiger charge is 2.22. The van der Waals surface area contributed by atoms with Gasteiger partial charge in [-0.25, -0.2) is 0 Å². The number of halogens is 1. The SMILES string of the molecule is CC1CCCCC1Nc1nnc(CCl)o1. The van der Waals surface area contributed by atoms with E-state index >= 15 is 0 Å². The van der Waals surface area contributed by atoms with Crippen LogP contribution in [0.1, 0.15) is 38.5 Å². The maximum absolute atomic E-state index is 5.59. The quantitative estimate of drug-likeness (QED) is 0.810. The smallest absolute Gasteiger partial charge is 0.315 e. The van der Waals surface area contributed by atoms with Crippen LogP contribution in [0.4, 0.5) is 6.01 Å². The Morgan fingerprint density at radius 3 is 2.87 bits per heavy atom. The molecule has 0 spiro atoms. The minimum atomic E-state index is 0.273. The standard InChI is InChI=1S/C10H16ClN3O/c1-7-4-2-3-5-8(7)12-10-14-13-9(6-11)15-10/h7-8H,2-6H2,1H3,(H,12,14). The number of nitrogens with zero attached hydrogens (tertiary/aromatic N) is 2. The number of hydrogen-bond donors (Lipinski definition) is 1. The van der Waals surface area contributed by atoms with Crippen molar-refractivity contribution >= 4 is 17.6 Å². The second-order valence-corrected chi connectivity index (χ2v) is 4.41. The predicted octanol–water partition coefficient (Wildman–Crippen LogP) is 2.80. The largest absolute Gasteiger partial charge is 0.407 e. The summed E-state index contributed by atoms with van der Waals surface area (Å²) in [5, 5.41) is 11.0. The molecule has 1 saturated carbocycles. The van der Waals surface area contributed by atoms with Gasteiger partial charge in [0.2, 0.25) is 5.89 Å². The summed E-state index contributed by atoms with van der Waals surface area (Å²) in [5.74, 6) is 1.42. The lowest BCUT2D eigenvalue weighted by molar-refractivity contribution is 0.342. The first-order chi connectivity index (χ1) is 7.29. The molecule has 1 aromatic heterocycles. The molecular formula is C10H16ClN3O. The van der Waals surface area contributed by atoms with Gasteiger partial charge >= 0.3 is 6.01 Å². The first-order valence-corrected chi connectivity index (χ1v) is 5.98. The lowest BCUT2D eigenvalue weighted by Crippen LogP contribution is -2.30. The fourth-order valence-corrected chi connectivity index (χ4v) is 2.16. The summed E-state index contributed by atoms with van der Waals surface area (Å²) in [6, 6.07) is 0.965. The Hall–Kier alpha value is -0.770. The molecular weight excluding hydrogens is 214 g/mol. The molecule has 0 aliphatic heterocycles. The number of aromatic nitrogens is 2. The van der Waals surface area contributed by atoms with E-state index in [0.29, 0.717) is 23.9 Å². The minimum absolute atomic E-state index is 0.273. The van der Waals surface area contributed by atoms with Gasteiger partial charge in [0.25, 0.3) is 0 Å². The summed E-state index contributed by atoms with van der Waals surface area (Å²) in [7, 11) is 0. The molecule has 1 N–H and O–H groups in total. The van der Waals surface area contributed by atoms with E-state index in [1.807, 2.05) is 0 Å². The third-order valence-corrected chi connectivity index (χ3v) is 3.23. The Balaban J connectivity index is 1.95. The summed E-state index contributed by atoms with van der Waals surface area (Å²) in [6.45, 7) is 2.26. The zero-order chi connectivity index (χ0) is 10.7. The molecule has 2 atom stereocenters. The topological polar surface area (TPSA) is 51.0 Å². The van der Waals surface area contributed by atoms with Crippen LogP contribution < -0.4 is 5.32 Å². The van der Waals surface area contributed by atoms with Crippen LogP contribution in [0.5, 0.6) is 0 Å². The zero-order valence-electron chi connectivity index (χ0n) is 8.87. The van der Waals surface area contributed by atoms with E-state index in [9.17, 15) is 0 Å². The fourth-order valence-electron chi connectivity index (χ4n) is 2.06. The van der Waals surface area contributed by atoms with Crippen molar-refractivity contribution in [2.75, 3.05) is 5.32 Å². The molecule has 0 saturated heterocycles. The van der Waals surface area contributed by atoms with Crippen LogP contribution in [-0.2, 0) is 5.88 Å². The van der Waals surface area contributed by atoms with Crippen molar-refractivity contribution in [3.8, 4) is 0 Å². The third kappa shape index (κ3) is 2.62. The molecule has 1 aromatic rings. The summed E-state index contributed by atoms with van der Waals surface area (Å²) in [6.07, 6.45) is 5.06. The van der Waals surface area contributed by atoms with Gasteiger partial charge in [-0.2, -0.15) is 0 Å². The lowest BCUT2D eigenvalue weighted by Gasteiger charge is -2.28. The number of anilines is 1. The van der Waals surface area contributed by atoms with Crippen molar-refractivity contribution in [3.05, 3.63) is 5.89 Å². The molecule has 0 bridgehead atoms. The molecule has 5 heteroatoms. The molecule has 2 rings (SSSR count). The zero-order valence-corrected chi connectivity index (χ0v) is 9.63. The van der Waals surface area contributed by atoms with Crippen LogP contribution in [0.2, 0.25) is 0 Å². The van der Waals surface area contributed by atoms with Crippen LogP contribution in [0, 0.1) is 5.92 Å². The summed E-state index contributed by atoms with van der Waals surface area (Å²) >= 11 is 5.59. The average molecular weight is 230 g/mol. The molecule has 1 aliphatic carbocycles. The van der Waals surface area contributed by atoms with Crippen molar-refractivity contribution < 1.29 is 4.42 Å². The van der Waals surface area contributed by atoms with Crippen LogP contribution in [0.25, 0.3) is 0 Å². The van der Waals surface area contributed by atoms with E-state index in [1.165, 1.54) is 25.7 Å². The number of nitrogens with one attached hydrogen (secondary N) is 1. The Morgan fingerprint density at radius 1 is 1.40 bits per heavy atom. The number of rotatable bonds is 3. The Bertz CT molecular complexity index is 315. The average Bonchev–Trinajstić information content (AvgIpc) is 2.69. The van der Waals surface area contributed by atoms with E-state index in [0.717, 1.165) is 0 Å². The van der Waals surface area contributed by atoms with E-state index in [-0.39, 0.29) is 5.88 Å². The molecule has 1 fully saturated rings. The van der Waals surface area contributed by atoms with Crippen molar-refractivity contribution in [2.24, 2.45) is 5.92 Å². The van der Waals surface area contributed by atoms with E-state index < -0.39 is 0 Å². The molecule has 4 nitrogen and oxygen atoms in total. The Morgan fingerprint density at radius 2 is 2.20 bits per heavy atom. The summed E-state index contributed by atoms with van der Waals surface area (Å²) in [5.41, 5.74) is 0. The fraction of sp³-hybridized carbons (Fsp3) is 0.800. The van der Waals surface area contributed by atoms with Crippen molar-refractivity contribution in [3.63, 3.8) is 0 Å². The van der Waals surface area contributed by atoms with Crippen molar-refractivity contribution in [1.82, 2.24) is 10.2 Å². The monoisotopic (exact) mass is 229 g/mol. The summed E-state index contributed by atoms with van der Waals surface area (Å²) in [4.78, 5) is 0. The van der Waals surface area contributed by atoms with Gasteiger partial charge in [0.1, 0.15) is 5.88 Å². The van der Waals surface area contributed by atoms with E-state index in [4.69, 9.17) is 16.0 Å². The normalized spacial score (nSPS) is 26.5. The van der Waals surface area contributed by atoms with E-state index in [2.05, 4.69) is 22.4 Å². The Kier molecular flexibility index (Phi) is 3.46. The maximum atomic E-state index is 5.59. The molecule has 0 amide bonds. The highest BCUT2D eigenvalue weighted by Crippen LogP contribution is 2.26. The highest BCUT2D eigenvalue weighted by atomic mass is 35.5. The van der Waals surface area contributed by atoms with Gasteiger partial charge in [-0.1, -0.05) is 24.9 Å². The molecule has 15 heavy (non-hydrogen) atoms. The van der Waals surface area contributed by atoms with Crippen LogP contribution >= 0.6 is 11.6 Å². The first-order valence-electron chi connectivity index (χ1n) is 5.44. The van der Waals surface area contributed by atoms with Gasteiger partial charge in [0.05, 0.1) is 0 Å². The second-order valence-electron chi connectivity index (χ2n) is 4.15. The molecule has 2 unspecified atom stereocenters. The molecule has 84 valence electrons. The lowest BCUT2D eigenvalue weighted by atomic mass is 9.86.